The van der Waals surface area contributed by atoms with E-state index in [9.17, 15) is 4.79 Å². The summed E-state index contributed by atoms with van der Waals surface area (Å²) in [6, 6.07) is 8.62. The molecule has 1 aromatic carbocycles. The van der Waals surface area contributed by atoms with Crippen molar-refractivity contribution >= 4 is 14.3 Å². The van der Waals surface area contributed by atoms with Crippen molar-refractivity contribution in [2.45, 2.75) is 148 Å². The molecule has 194 valence electrons. The number of carbonyl (C=O) groups is 1. The minimum absolute atomic E-state index is 0.00211. The van der Waals surface area contributed by atoms with E-state index in [1.807, 2.05) is 0 Å². The Kier molecular flexibility index (Phi) is 12.2. The first-order chi connectivity index (χ1) is 16.1. The van der Waals surface area contributed by atoms with Gasteiger partial charge in [-0.05, 0) is 61.5 Å². The Hall–Kier alpha value is -1.29. The second kappa shape index (κ2) is 14.3. The number of esters is 1. The highest BCUT2D eigenvalue weighted by molar-refractivity contribution is 6.74. The molecule has 0 N–H and O–H groups in total. The molecule has 1 saturated carbocycles. The van der Waals surface area contributed by atoms with Crippen LogP contribution in [-0.4, -0.2) is 20.4 Å². The number of rotatable bonds is 14. The van der Waals surface area contributed by atoms with E-state index in [1.54, 1.807) is 0 Å². The lowest BCUT2D eigenvalue weighted by molar-refractivity contribution is -0.151. The van der Waals surface area contributed by atoms with Crippen LogP contribution in [-0.2, 0) is 9.53 Å². The van der Waals surface area contributed by atoms with E-state index in [2.05, 4.69) is 65.1 Å². The highest BCUT2D eigenvalue weighted by Gasteiger charge is 2.39. The van der Waals surface area contributed by atoms with Gasteiger partial charge in [0.1, 0.15) is 11.9 Å². The number of carbonyl (C=O) groups excluding carboxylic acids is 1. The van der Waals surface area contributed by atoms with Crippen molar-refractivity contribution < 1.29 is 14.0 Å². The Bertz CT molecular complexity index is 705. The molecular weight excluding hydrogens is 436 g/mol. The molecule has 2 rings (SSSR count). The fourth-order valence-corrected chi connectivity index (χ4v) is 5.69. The van der Waals surface area contributed by atoms with Gasteiger partial charge in [0, 0.05) is 12.3 Å². The zero-order valence-corrected chi connectivity index (χ0v) is 24.1. The molecule has 0 spiro atoms. The fourth-order valence-electron chi connectivity index (χ4n) is 4.66. The molecule has 0 saturated heterocycles. The Labute approximate surface area is 211 Å². The second-order valence-electron chi connectivity index (χ2n) is 11.9. The minimum atomic E-state index is -1.84. The third-order valence-corrected chi connectivity index (χ3v) is 12.3. The number of benzene rings is 1. The van der Waals surface area contributed by atoms with Crippen molar-refractivity contribution in [2.24, 2.45) is 0 Å². The van der Waals surface area contributed by atoms with Gasteiger partial charge < -0.3 is 9.16 Å². The normalized spacial score (nSPS) is 19.1. The summed E-state index contributed by atoms with van der Waals surface area (Å²) in [5, 5.41) is 0.184. The van der Waals surface area contributed by atoms with Crippen LogP contribution in [0.4, 0.5) is 0 Å². The van der Waals surface area contributed by atoms with Gasteiger partial charge in [0.25, 0.3) is 0 Å². The molecule has 1 aliphatic carbocycles. The van der Waals surface area contributed by atoms with Crippen molar-refractivity contribution in [1.29, 1.82) is 0 Å². The van der Waals surface area contributed by atoms with Crippen LogP contribution in [0.3, 0.4) is 0 Å². The fraction of sp³-hybridized carbons (Fsp3) is 0.767. The quantitative estimate of drug-likeness (QED) is 0.148. The summed E-state index contributed by atoms with van der Waals surface area (Å²) in [5.74, 6) is 1.27. The summed E-state index contributed by atoms with van der Waals surface area (Å²) in [5.41, 5.74) is 1.28. The predicted molar refractivity (Wildman–Crippen MR) is 147 cm³/mol. The topological polar surface area (TPSA) is 35.5 Å². The first-order valence-corrected chi connectivity index (χ1v) is 17.0. The summed E-state index contributed by atoms with van der Waals surface area (Å²) in [7, 11) is -1.84. The average molecular weight is 489 g/mol. The summed E-state index contributed by atoms with van der Waals surface area (Å²) in [4.78, 5) is 12.6. The molecule has 0 heterocycles. The molecule has 0 amide bonds. The molecule has 0 aliphatic heterocycles. The summed E-state index contributed by atoms with van der Waals surface area (Å²) >= 11 is 0. The molecule has 0 aromatic heterocycles. The second-order valence-corrected chi connectivity index (χ2v) is 16.7. The SMILES string of the molecule is CCCCCCCCCCCC(=O)O[C@H]1CCCC[C@@H]1c1ccc(O[Si](C)(C)C(C)(C)C)cc1. The predicted octanol–water partition coefficient (Wildman–Crippen LogP) is 9.56. The Morgan fingerprint density at radius 3 is 2.03 bits per heavy atom. The molecule has 1 fully saturated rings. The minimum Gasteiger partial charge on any atom is -0.544 e. The van der Waals surface area contributed by atoms with Gasteiger partial charge in [-0.3, -0.25) is 4.79 Å². The largest absolute Gasteiger partial charge is 0.544 e. The monoisotopic (exact) mass is 488 g/mol. The van der Waals surface area contributed by atoms with Gasteiger partial charge in [-0.2, -0.15) is 0 Å². The molecule has 0 unspecified atom stereocenters. The maximum atomic E-state index is 12.6. The zero-order chi connectivity index (χ0) is 25.0. The molecule has 1 aliphatic rings. The van der Waals surface area contributed by atoms with Crippen LogP contribution in [0, 0.1) is 0 Å². The first kappa shape index (κ1) is 28.9. The molecule has 0 radical (unpaired) electrons. The van der Waals surface area contributed by atoms with Crippen molar-refractivity contribution in [3.8, 4) is 5.75 Å². The van der Waals surface area contributed by atoms with E-state index >= 15 is 0 Å². The summed E-state index contributed by atoms with van der Waals surface area (Å²) in [6.45, 7) is 13.6. The molecule has 2 atom stereocenters. The van der Waals surface area contributed by atoms with Crippen LogP contribution in [0.2, 0.25) is 18.1 Å². The van der Waals surface area contributed by atoms with Crippen LogP contribution in [0.1, 0.15) is 129 Å². The number of hydrogen-bond donors (Lipinski definition) is 0. The van der Waals surface area contributed by atoms with E-state index in [0.717, 1.165) is 37.9 Å². The van der Waals surface area contributed by atoms with Crippen LogP contribution >= 0.6 is 0 Å². The smallest absolute Gasteiger partial charge is 0.306 e. The third kappa shape index (κ3) is 9.75. The first-order valence-electron chi connectivity index (χ1n) is 14.1. The third-order valence-electron chi connectivity index (χ3n) is 7.96. The van der Waals surface area contributed by atoms with Gasteiger partial charge in [-0.15, -0.1) is 0 Å². The zero-order valence-electron chi connectivity index (χ0n) is 23.1. The van der Waals surface area contributed by atoms with Gasteiger partial charge in [0.15, 0.2) is 0 Å². The van der Waals surface area contributed by atoms with Gasteiger partial charge >= 0.3 is 5.97 Å². The summed E-state index contributed by atoms with van der Waals surface area (Å²) in [6.07, 6.45) is 16.4. The molecular formula is C30H52O3Si. The van der Waals surface area contributed by atoms with E-state index < -0.39 is 8.32 Å². The summed E-state index contributed by atoms with van der Waals surface area (Å²) < 4.78 is 12.5. The lowest BCUT2D eigenvalue weighted by Gasteiger charge is -2.36. The Balaban J connectivity index is 1.79. The van der Waals surface area contributed by atoms with Crippen molar-refractivity contribution in [2.75, 3.05) is 0 Å². The van der Waals surface area contributed by atoms with Crippen LogP contribution in [0.25, 0.3) is 0 Å². The van der Waals surface area contributed by atoms with Gasteiger partial charge in [-0.1, -0.05) is 97.6 Å². The van der Waals surface area contributed by atoms with Crippen LogP contribution in [0.15, 0.2) is 24.3 Å². The molecule has 34 heavy (non-hydrogen) atoms. The molecule has 4 heteroatoms. The van der Waals surface area contributed by atoms with Gasteiger partial charge in [-0.25, -0.2) is 0 Å². The van der Waals surface area contributed by atoms with Crippen LogP contribution < -0.4 is 4.43 Å². The average Bonchev–Trinajstić information content (AvgIpc) is 2.78. The van der Waals surface area contributed by atoms with E-state index in [4.69, 9.17) is 9.16 Å². The molecule has 0 bridgehead atoms. The molecule has 3 nitrogen and oxygen atoms in total. The van der Waals surface area contributed by atoms with Crippen molar-refractivity contribution in [3.05, 3.63) is 29.8 Å². The lowest BCUT2D eigenvalue weighted by atomic mass is 9.81. The number of hydrogen-bond acceptors (Lipinski definition) is 3. The number of ether oxygens (including phenoxy) is 1. The lowest BCUT2D eigenvalue weighted by Crippen LogP contribution is -2.43. The van der Waals surface area contributed by atoms with Gasteiger partial charge in [0.2, 0.25) is 8.32 Å². The number of unbranched alkanes of at least 4 members (excludes halogenated alkanes) is 8. The van der Waals surface area contributed by atoms with Gasteiger partial charge in [0.05, 0.1) is 0 Å². The van der Waals surface area contributed by atoms with Crippen molar-refractivity contribution in [3.63, 3.8) is 0 Å². The molecule has 1 aromatic rings. The maximum absolute atomic E-state index is 12.6. The van der Waals surface area contributed by atoms with E-state index in [0.29, 0.717) is 12.3 Å². The van der Waals surface area contributed by atoms with Crippen molar-refractivity contribution in [1.82, 2.24) is 0 Å². The van der Waals surface area contributed by atoms with E-state index in [-0.39, 0.29) is 17.1 Å². The van der Waals surface area contributed by atoms with Crippen LogP contribution in [0.5, 0.6) is 5.75 Å². The Morgan fingerprint density at radius 1 is 0.882 bits per heavy atom. The standard InChI is InChI=1S/C30H52O3Si/c1-7-8-9-10-11-12-13-14-15-20-29(31)32-28-19-17-16-18-27(28)25-21-23-26(24-22-25)33-34(5,6)30(2,3)4/h21-24,27-28H,7-20H2,1-6H3/t27-,28+/m1/s1. The highest BCUT2D eigenvalue weighted by atomic mass is 28.4. The van der Waals surface area contributed by atoms with E-state index in [1.165, 1.54) is 56.9 Å². The Morgan fingerprint density at radius 2 is 1.44 bits per heavy atom. The highest BCUT2D eigenvalue weighted by Crippen LogP contribution is 2.39. The maximum Gasteiger partial charge on any atom is 0.306 e.